The van der Waals surface area contributed by atoms with Crippen molar-refractivity contribution in [1.82, 2.24) is 0 Å². The first kappa shape index (κ1) is 12.3. The van der Waals surface area contributed by atoms with E-state index < -0.39 is 0 Å². The van der Waals surface area contributed by atoms with Crippen molar-refractivity contribution in [1.29, 1.82) is 0 Å². The number of thiophene rings is 1. The standard InChI is InChI=1S/C13H15ClN2S/c1-16(6-4-10-5-7-17-9-10)13-8-11(14)2-3-12(13)15/h2-3,5,7-9H,4,6,15H2,1H3. The summed E-state index contributed by atoms with van der Waals surface area (Å²) in [6, 6.07) is 7.72. The van der Waals surface area contributed by atoms with Crippen LogP contribution in [0.4, 0.5) is 11.4 Å². The summed E-state index contributed by atoms with van der Waals surface area (Å²) in [6.45, 7) is 0.932. The molecule has 90 valence electrons. The van der Waals surface area contributed by atoms with Crippen LogP contribution in [0.1, 0.15) is 5.56 Å². The number of nitrogens with zero attached hydrogens (tertiary/aromatic N) is 1. The summed E-state index contributed by atoms with van der Waals surface area (Å²) in [5, 5.41) is 5.00. The summed E-state index contributed by atoms with van der Waals surface area (Å²) in [5.41, 5.74) is 9.06. The molecule has 0 bridgehead atoms. The molecule has 0 aliphatic heterocycles. The summed E-state index contributed by atoms with van der Waals surface area (Å²) in [5.74, 6) is 0. The second-order valence-corrected chi connectivity index (χ2v) is 5.22. The number of hydrogen-bond donors (Lipinski definition) is 1. The van der Waals surface area contributed by atoms with E-state index in [0.29, 0.717) is 0 Å². The molecule has 0 radical (unpaired) electrons. The van der Waals surface area contributed by atoms with Gasteiger partial charge in [-0.15, -0.1) is 0 Å². The molecule has 0 atom stereocenters. The largest absolute Gasteiger partial charge is 0.397 e. The topological polar surface area (TPSA) is 29.3 Å². The Labute approximate surface area is 111 Å². The van der Waals surface area contributed by atoms with Gasteiger partial charge in [-0.3, -0.25) is 0 Å². The zero-order valence-corrected chi connectivity index (χ0v) is 11.3. The van der Waals surface area contributed by atoms with Crippen molar-refractivity contribution in [3.05, 3.63) is 45.6 Å². The van der Waals surface area contributed by atoms with Crippen molar-refractivity contribution in [2.24, 2.45) is 0 Å². The van der Waals surface area contributed by atoms with Crippen LogP contribution in [-0.2, 0) is 6.42 Å². The summed E-state index contributed by atoms with van der Waals surface area (Å²) in [7, 11) is 2.04. The Morgan fingerprint density at radius 3 is 2.88 bits per heavy atom. The van der Waals surface area contributed by atoms with Gasteiger partial charge in [-0.25, -0.2) is 0 Å². The minimum Gasteiger partial charge on any atom is -0.397 e. The summed E-state index contributed by atoms with van der Waals surface area (Å²) in [4.78, 5) is 2.14. The first-order valence-corrected chi connectivity index (χ1v) is 6.76. The number of nitrogen functional groups attached to an aromatic ring is 1. The Morgan fingerprint density at radius 2 is 2.18 bits per heavy atom. The molecule has 2 N–H and O–H groups in total. The molecule has 0 unspecified atom stereocenters. The highest BCUT2D eigenvalue weighted by molar-refractivity contribution is 7.07. The van der Waals surface area contributed by atoms with Crippen LogP contribution >= 0.6 is 22.9 Å². The summed E-state index contributed by atoms with van der Waals surface area (Å²) >= 11 is 7.71. The van der Waals surface area contributed by atoms with E-state index >= 15 is 0 Å². The number of hydrogen-bond acceptors (Lipinski definition) is 3. The van der Waals surface area contributed by atoms with Gasteiger partial charge in [-0.05, 0) is 47.0 Å². The van der Waals surface area contributed by atoms with Crippen molar-refractivity contribution >= 4 is 34.3 Å². The second-order valence-electron chi connectivity index (χ2n) is 4.01. The van der Waals surface area contributed by atoms with Crippen LogP contribution in [0.5, 0.6) is 0 Å². The molecule has 1 aromatic carbocycles. The molecule has 0 saturated heterocycles. The van der Waals surface area contributed by atoms with E-state index in [4.69, 9.17) is 17.3 Å². The van der Waals surface area contributed by atoms with Crippen LogP contribution in [-0.4, -0.2) is 13.6 Å². The zero-order valence-electron chi connectivity index (χ0n) is 9.69. The Balaban J connectivity index is 2.04. The lowest BCUT2D eigenvalue weighted by Crippen LogP contribution is -2.21. The van der Waals surface area contributed by atoms with E-state index in [0.717, 1.165) is 29.4 Å². The molecule has 0 spiro atoms. The lowest BCUT2D eigenvalue weighted by atomic mass is 10.2. The Bertz CT molecular complexity index is 482. The molecule has 17 heavy (non-hydrogen) atoms. The van der Waals surface area contributed by atoms with E-state index in [1.165, 1.54) is 5.56 Å². The van der Waals surface area contributed by atoms with Gasteiger partial charge < -0.3 is 10.6 Å². The molecular formula is C13H15ClN2S. The Morgan fingerprint density at radius 1 is 1.35 bits per heavy atom. The number of halogens is 1. The molecule has 2 aromatic rings. The Kier molecular flexibility index (Phi) is 3.92. The highest BCUT2D eigenvalue weighted by atomic mass is 35.5. The predicted molar refractivity (Wildman–Crippen MR) is 77.2 cm³/mol. The number of nitrogens with two attached hydrogens (primary N) is 1. The van der Waals surface area contributed by atoms with Gasteiger partial charge in [0, 0.05) is 18.6 Å². The van der Waals surface area contributed by atoms with Gasteiger partial charge in [-0.2, -0.15) is 11.3 Å². The fourth-order valence-electron chi connectivity index (χ4n) is 1.70. The molecule has 1 heterocycles. The van der Waals surface area contributed by atoms with Crippen LogP contribution in [0.2, 0.25) is 5.02 Å². The van der Waals surface area contributed by atoms with Gasteiger partial charge in [0.15, 0.2) is 0 Å². The van der Waals surface area contributed by atoms with E-state index in [1.54, 1.807) is 11.3 Å². The first-order valence-electron chi connectivity index (χ1n) is 5.44. The van der Waals surface area contributed by atoms with Gasteiger partial charge in [0.1, 0.15) is 0 Å². The van der Waals surface area contributed by atoms with Gasteiger partial charge in [0.25, 0.3) is 0 Å². The monoisotopic (exact) mass is 266 g/mol. The molecule has 0 amide bonds. The van der Waals surface area contributed by atoms with E-state index in [2.05, 4.69) is 21.7 Å². The second kappa shape index (κ2) is 5.43. The van der Waals surface area contributed by atoms with Crippen molar-refractivity contribution in [2.75, 3.05) is 24.2 Å². The smallest absolute Gasteiger partial charge is 0.0612 e. The molecule has 4 heteroatoms. The minimum atomic E-state index is 0.719. The van der Waals surface area contributed by atoms with E-state index in [1.807, 2.05) is 25.2 Å². The fraction of sp³-hybridized carbons (Fsp3) is 0.231. The van der Waals surface area contributed by atoms with E-state index in [9.17, 15) is 0 Å². The summed E-state index contributed by atoms with van der Waals surface area (Å²) in [6.07, 6.45) is 1.02. The maximum atomic E-state index is 5.98. The maximum absolute atomic E-state index is 5.98. The number of likely N-dealkylation sites (N-methyl/N-ethyl adjacent to an activating group) is 1. The average Bonchev–Trinajstić information content (AvgIpc) is 2.82. The number of anilines is 2. The van der Waals surface area contributed by atoms with E-state index in [-0.39, 0.29) is 0 Å². The highest BCUT2D eigenvalue weighted by Gasteiger charge is 2.06. The normalized spacial score (nSPS) is 10.5. The molecule has 1 aromatic heterocycles. The zero-order chi connectivity index (χ0) is 12.3. The molecule has 0 aliphatic carbocycles. The quantitative estimate of drug-likeness (QED) is 0.856. The van der Waals surface area contributed by atoms with Crippen LogP contribution in [0.3, 0.4) is 0 Å². The molecular weight excluding hydrogens is 252 g/mol. The number of benzene rings is 1. The lowest BCUT2D eigenvalue weighted by molar-refractivity contribution is 0.881. The van der Waals surface area contributed by atoms with Crippen LogP contribution in [0.15, 0.2) is 35.0 Å². The maximum Gasteiger partial charge on any atom is 0.0612 e. The summed E-state index contributed by atoms with van der Waals surface area (Å²) < 4.78 is 0. The lowest BCUT2D eigenvalue weighted by Gasteiger charge is -2.21. The van der Waals surface area contributed by atoms with Crippen molar-refractivity contribution in [3.63, 3.8) is 0 Å². The third-order valence-electron chi connectivity index (χ3n) is 2.72. The molecule has 0 saturated carbocycles. The van der Waals surface area contributed by atoms with Gasteiger partial charge in [-0.1, -0.05) is 11.6 Å². The minimum absolute atomic E-state index is 0.719. The van der Waals surface area contributed by atoms with Crippen molar-refractivity contribution < 1.29 is 0 Å². The predicted octanol–water partition coefficient (Wildman–Crippen LogP) is 3.66. The van der Waals surface area contributed by atoms with Crippen LogP contribution in [0, 0.1) is 0 Å². The number of rotatable bonds is 4. The molecule has 0 fully saturated rings. The van der Waals surface area contributed by atoms with Crippen molar-refractivity contribution in [3.8, 4) is 0 Å². The van der Waals surface area contributed by atoms with Crippen LogP contribution in [0.25, 0.3) is 0 Å². The third kappa shape index (κ3) is 3.14. The van der Waals surface area contributed by atoms with Gasteiger partial charge in [0.05, 0.1) is 11.4 Å². The van der Waals surface area contributed by atoms with Crippen LogP contribution < -0.4 is 10.6 Å². The first-order chi connectivity index (χ1) is 8.16. The Hall–Kier alpha value is -1.19. The molecule has 2 rings (SSSR count). The van der Waals surface area contributed by atoms with Gasteiger partial charge >= 0.3 is 0 Å². The highest BCUT2D eigenvalue weighted by Crippen LogP contribution is 2.26. The molecule has 2 nitrogen and oxygen atoms in total. The van der Waals surface area contributed by atoms with Gasteiger partial charge in [0.2, 0.25) is 0 Å². The SMILES string of the molecule is CN(CCc1ccsc1)c1cc(Cl)ccc1N. The fourth-order valence-corrected chi connectivity index (χ4v) is 2.57. The van der Waals surface area contributed by atoms with Crippen molar-refractivity contribution in [2.45, 2.75) is 6.42 Å². The third-order valence-corrected chi connectivity index (χ3v) is 3.69. The average molecular weight is 267 g/mol. The molecule has 0 aliphatic rings.